The molecule has 0 saturated heterocycles. The molecule has 1 aromatic heterocycles. The van der Waals surface area contributed by atoms with Gasteiger partial charge in [-0.3, -0.25) is 0 Å². The van der Waals surface area contributed by atoms with E-state index in [1.165, 1.54) is 5.56 Å². The molecule has 104 valence electrons. The van der Waals surface area contributed by atoms with Gasteiger partial charge in [0.2, 0.25) is 11.7 Å². The van der Waals surface area contributed by atoms with Crippen LogP contribution in [-0.2, 0) is 6.42 Å². The second-order valence-electron chi connectivity index (χ2n) is 5.02. The third-order valence-electron chi connectivity index (χ3n) is 3.61. The van der Waals surface area contributed by atoms with Gasteiger partial charge in [0, 0.05) is 22.1 Å². The summed E-state index contributed by atoms with van der Waals surface area (Å²) in [6, 6.07) is 16.2. The lowest BCUT2D eigenvalue weighted by Crippen LogP contribution is -2.05. The summed E-state index contributed by atoms with van der Waals surface area (Å²) < 4.78 is 6.46. The van der Waals surface area contributed by atoms with E-state index in [4.69, 9.17) is 4.52 Å². The summed E-state index contributed by atoms with van der Waals surface area (Å²) >= 11 is 3.42. The molecule has 0 spiro atoms. The number of rotatable bonds is 2. The minimum atomic E-state index is 0.0547. The molecule has 2 aromatic carbocycles. The molecule has 3 aromatic rings. The van der Waals surface area contributed by atoms with Gasteiger partial charge in [0.25, 0.3) is 0 Å². The summed E-state index contributed by atoms with van der Waals surface area (Å²) in [6.45, 7) is 0. The zero-order chi connectivity index (χ0) is 14.2. The van der Waals surface area contributed by atoms with Crippen LogP contribution in [-0.4, -0.2) is 10.1 Å². The molecular formula is C16H12BrN3O. The summed E-state index contributed by atoms with van der Waals surface area (Å²) in [5.74, 6) is 1.25. The number of hydrogen-bond acceptors (Lipinski definition) is 4. The van der Waals surface area contributed by atoms with Gasteiger partial charge in [-0.2, -0.15) is 4.98 Å². The molecule has 1 atom stereocenters. The van der Waals surface area contributed by atoms with Gasteiger partial charge in [-0.1, -0.05) is 39.3 Å². The minimum Gasteiger partial charge on any atom is -0.373 e. The van der Waals surface area contributed by atoms with E-state index < -0.39 is 0 Å². The van der Waals surface area contributed by atoms with Crippen LogP contribution < -0.4 is 5.32 Å². The Bertz CT molecular complexity index is 757. The molecule has 0 amide bonds. The van der Waals surface area contributed by atoms with E-state index in [-0.39, 0.29) is 6.04 Å². The van der Waals surface area contributed by atoms with E-state index in [0.29, 0.717) is 11.7 Å². The molecule has 21 heavy (non-hydrogen) atoms. The summed E-state index contributed by atoms with van der Waals surface area (Å²) in [5.41, 5.74) is 3.38. The smallest absolute Gasteiger partial charge is 0.249 e. The Morgan fingerprint density at radius 1 is 1.10 bits per heavy atom. The lowest BCUT2D eigenvalue weighted by molar-refractivity contribution is 0.364. The Kier molecular flexibility index (Phi) is 3.00. The number of nitrogens with zero attached hydrogens (tertiary/aromatic N) is 2. The second kappa shape index (κ2) is 5.00. The summed E-state index contributed by atoms with van der Waals surface area (Å²) in [4.78, 5) is 4.52. The van der Waals surface area contributed by atoms with Gasteiger partial charge in [-0.25, -0.2) is 0 Å². The van der Waals surface area contributed by atoms with Gasteiger partial charge in [-0.05, 0) is 35.9 Å². The number of hydrogen-bond donors (Lipinski definition) is 1. The van der Waals surface area contributed by atoms with Crippen LogP contribution in [0.5, 0.6) is 0 Å². The summed E-state index contributed by atoms with van der Waals surface area (Å²) in [6.07, 6.45) is 0.873. The summed E-state index contributed by atoms with van der Waals surface area (Å²) in [7, 11) is 0. The molecule has 1 unspecified atom stereocenters. The Morgan fingerprint density at radius 2 is 1.90 bits per heavy atom. The number of aromatic nitrogens is 2. The lowest BCUT2D eigenvalue weighted by atomic mass is 10.1. The maximum atomic E-state index is 5.43. The Labute approximate surface area is 130 Å². The highest BCUT2D eigenvalue weighted by molar-refractivity contribution is 9.10. The number of para-hydroxylation sites is 1. The van der Waals surface area contributed by atoms with Gasteiger partial charge >= 0.3 is 0 Å². The monoisotopic (exact) mass is 341 g/mol. The van der Waals surface area contributed by atoms with E-state index in [9.17, 15) is 0 Å². The van der Waals surface area contributed by atoms with Gasteiger partial charge < -0.3 is 9.84 Å². The molecule has 2 heterocycles. The fraction of sp³-hybridized carbons (Fsp3) is 0.125. The normalized spacial score (nSPS) is 16.5. The first-order valence-corrected chi connectivity index (χ1v) is 7.53. The predicted octanol–water partition coefficient (Wildman–Crippen LogP) is 4.21. The standard InChI is InChI=1S/C16H12BrN3O/c17-12-7-5-10(6-8-12)15-19-16(21-20-15)14-9-11-3-1-2-4-13(11)18-14/h1-8,14,18H,9H2. The molecule has 0 saturated carbocycles. The number of benzene rings is 2. The van der Waals surface area contributed by atoms with Crippen LogP contribution in [0.1, 0.15) is 17.5 Å². The zero-order valence-electron chi connectivity index (χ0n) is 11.1. The zero-order valence-corrected chi connectivity index (χ0v) is 12.7. The van der Waals surface area contributed by atoms with Crippen molar-refractivity contribution in [2.75, 3.05) is 5.32 Å². The number of fused-ring (bicyclic) bond motifs is 1. The van der Waals surface area contributed by atoms with Gasteiger partial charge in [0.15, 0.2) is 0 Å². The molecule has 1 aliphatic rings. The molecule has 4 nitrogen and oxygen atoms in total. The van der Waals surface area contributed by atoms with Crippen LogP contribution in [0.15, 0.2) is 57.5 Å². The Hall–Kier alpha value is -2.14. The van der Waals surface area contributed by atoms with Crippen molar-refractivity contribution >= 4 is 21.6 Å². The fourth-order valence-corrected chi connectivity index (χ4v) is 2.80. The molecule has 1 N–H and O–H groups in total. The van der Waals surface area contributed by atoms with E-state index in [1.54, 1.807) is 0 Å². The lowest BCUT2D eigenvalue weighted by Gasteiger charge is -2.04. The van der Waals surface area contributed by atoms with Crippen molar-refractivity contribution in [3.63, 3.8) is 0 Å². The average Bonchev–Trinajstić information content (AvgIpc) is 3.14. The van der Waals surface area contributed by atoms with E-state index in [2.05, 4.69) is 43.5 Å². The topological polar surface area (TPSA) is 51.0 Å². The molecular weight excluding hydrogens is 330 g/mol. The van der Waals surface area contributed by atoms with Gasteiger partial charge in [0.1, 0.15) is 6.04 Å². The first kappa shape index (κ1) is 12.6. The van der Waals surface area contributed by atoms with Crippen molar-refractivity contribution in [1.29, 1.82) is 0 Å². The highest BCUT2D eigenvalue weighted by atomic mass is 79.9. The van der Waals surface area contributed by atoms with E-state index in [1.807, 2.05) is 36.4 Å². The highest BCUT2D eigenvalue weighted by Gasteiger charge is 2.26. The van der Waals surface area contributed by atoms with Gasteiger partial charge in [0.05, 0.1) is 0 Å². The third kappa shape index (κ3) is 2.34. The van der Waals surface area contributed by atoms with Crippen molar-refractivity contribution in [1.82, 2.24) is 10.1 Å². The largest absolute Gasteiger partial charge is 0.373 e. The molecule has 0 bridgehead atoms. The molecule has 0 radical (unpaired) electrons. The highest BCUT2D eigenvalue weighted by Crippen LogP contribution is 2.33. The third-order valence-corrected chi connectivity index (χ3v) is 4.14. The first-order valence-electron chi connectivity index (χ1n) is 6.73. The Balaban J connectivity index is 1.60. The maximum Gasteiger partial charge on any atom is 0.249 e. The van der Waals surface area contributed by atoms with Crippen LogP contribution in [0, 0.1) is 0 Å². The van der Waals surface area contributed by atoms with Crippen LogP contribution in [0.25, 0.3) is 11.4 Å². The van der Waals surface area contributed by atoms with Crippen LogP contribution >= 0.6 is 15.9 Å². The van der Waals surface area contributed by atoms with Crippen molar-refractivity contribution in [2.24, 2.45) is 0 Å². The molecule has 0 aliphatic carbocycles. The molecule has 4 rings (SSSR count). The number of nitrogens with one attached hydrogen (secondary N) is 1. The first-order chi connectivity index (χ1) is 10.3. The molecule has 1 aliphatic heterocycles. The van der Waals surface area contributed by atoms with E-state index in [0.717, 1.165) is 22.1 Å². The SMILES string of the molecule is Brc1ccc(-c2noc(C3Cc4ccccc4N3)n2)cc1. The van der Waals surface area contributed by atoms with Crippen molar-refractivity contribution < 1.29 is 4.52 Å². The van der Waals surface area contributed by atoms with Crippen molar-refractivity contribution in [3.05, 3.63) is 64.5 Å². The van der Waals surface area contributed by atoms with E-state index >= 15 is 0 Å². The average molecular weight is 342 g/mol. The molecule has 0 fully saturated rings. The second-order valence-corrected chi connectivity index (χ2v) is 5.94. The Morgan fingerprint density at radius 3 is 2.71 bits per heavy atom. The van der Waals surface area contributed by atoms with Gasteiger partial charge in [-0.15, -0.1) is 0 Å². The maximum absolute atomic E-state index is 5.43. The molecule has 5 heteroatoms. The summed E-state index contributed by atoms with van der Waals surface area (Å²) in [5, 5.41) is 7.50. The quantitative estimate of drug-likeness (QED) is 0.758. The van der Waals surface area contributed by atoms with Crippen molar-refractivity contribution in [3.8, 4) is 11.4 Å². The number of halogens is 1. The van der Waals surface area contributed by atoms with Crippen LogP contribution in [0.3, 0.4) is 0 Å². The predicted molar refractivity (Wildman–Crippen MR) is 83.9 cm³/mol. The number of anilines is 1. The minimum absolute atomic E-state index is 0.0547. The van der Waals surface area contributed by atoms with Crippen LogP contribution in [0.2, 0.25) is 0 Å². The van der Waals surface area contributed by atoms with Crippen LogP contribution in [0.4, 0.5) is 5.69 Å². The fourth-order valence-electron chi connectivity index (χ4n) is 2.54. The van der Waals surface area contributed by atoms with Crippen molar-refractivity contribution in [2.45, 2.75) is 12.5 Å².